The molecule has 1 aromatic carbocycles. The smallest absolute Gasteiger partial charge is 0.134 e. The molecule has 0 bridgehead atoms. The van der Waals surface area contributed by atoms with Crippen LogP contribution in [-0.2, 0) is 12.0 Å². The van der Waals surface area contributed by atoms with Gasteiger partial charge in [0.25, 0.3) is 0 Å². The summed E-state index contributed by atoms with van der Waals surface area (Å²) in [6.07, 6.45) is 1.89. The number of fused-ring (bicyclic) bond motifs is 3. The highest BCUT2D eigenvalue weighted by molar-refractivity contribution is 5.71. The lowest BCUT2D eigenvalue weighted by Gasteiger charge is -2.23. The van der Waals surface area contributed by atoms with Gasteiger partial charge >= 0.3 is 0 Å². The minimum Gasteiger partial charge on any atom is -0.488 e. The summed E-state index contributed by atoms with van der Waals surface area (Å²) < 4.78 is 5.70. The molecule has 0 amide bonds. The predicted octanol–water partition coefficient (Wildman–Crippen LogP) is 3.33. The number of rotatable bonds is 0. The Bertz CT molecular complexity index is 600. The highest BCUT2D eigenvalue weighted by Gasteiger charge is 2.23. The first kappa shape index (κ1) is 11.2. The predicted molar refractivity (Wildman–Crippen MR) is 70.5 cm³/mol. The maximum Gasteiger partial charge on any atom is 0.134 e. The Balaban J connectivity index is 2.19. The molecule has 0 saturated heterocycles. The summed E-state index contributed by atoms with van der Waals surface area (Å²) in [4.78, 5) is 9.18. The monoisotopic (exact) mass is 240 g/mol. The number of hydrogen-bond donors (Lipinski definition) is 0. The molecule has 0 aliphatic carbocycles. The van der Waals surface area contributed by atoms with Crippen LogP contribution in [0, 0.1) is 0 Å². The molecule has 3 rings (SSSR count). The summed E-state index contributed by atoms with van der Waals surface area (Å²) in [5, 5.41) is 0. The van der Waals surface area contributed by atoms with Gasteiger partial charge in [0, 0.05) is 22.7 Å². The molecule has 1 aliphatic heterocycles. The first-order valence-electron chi connectivity index (χ1n) is 6.14. The molecule has 1 aromatic heterocycles. The van der Waals surface area contributed by atoms with E-state index in [2.05, 4.69) is 25.8 Å². The van der Waals surface area contributed by atoms with Crippen molar-refractivity contribution in [3.63, 3.8) is 0 Å². The molecule has 3 heteroatoms. The Morgan fingerprint density at radius 3 is 2.72 bits per heavy atom. The molecular weight excluding hydrogens is 224 g/mol. The third-order valence-corrected chi connectivity index (χ3v) is 3.06. The van der Waals surface area contributed by atoms with E-state index >= 15 is 0 Å². The van der Waals surface area contributed by atoms with Gasteiger partial charge < -0.3 is 4.74 Å². The molecule has 0 radical (unpaired) electrons. The van der Waals surface area contributed by atoms with Crippen molar-refractivity contribution < 1.29 is 4.74 Å². The van der Waals surface area contributed by atoms with E-state index in [1.165, 1.54) is 0 Å². The van der Waals surface area contributed by atoms with Crippen LogP contribution in [0.1, 0.15) is 32.2 Å². The number of ether oxygens (including phenoxy) is 1. The molecule has 0 N–H and O–H groups in total. The summed E-state index contributed by atoms with van der Waals surface area (Å²) >= 11 is 0. The van der Waals surface area contributed by atoms with Crippen molar-refractivity contribution in [2.45, 2.75) is 32.8 Å². The van der Waals surface area contributed by atoms with E-state index in [-0.39, 0.29) is 5.41 Å². The van der Waals surface area contributed by atoms with E-state index in [0.717, 1.165) is 28.4 Å². The number of aromatic nitrogens is 2. The number of benzene rings is 1. The fourth-order valence-electron chi connectivity index (χ4n) is 2.05. The zero-order valence-electron chi connectivity index (χ0n) is 10.9. The van der Waals surface area contributed by atoms with Crippen molar-refractivity contribution in [3.8, 4) is 17.0 Å². The molecule has 0 spiro atoms. The second-order valence-electron chi connectivity index (χ2n) is 5.60. The van der Waals surface area contributed by atoms with Gasteiger partial charge in [-0.3, -0.25) is 0 Å². The topological polar surface area (TPSA) is 35.0 Å². The van der Waals surface area contributed by atoms with Crippen LogP contribution in [0.25, 0.3) is 11.3 Å². The molecular formula is C15H16N2O. The SMILES string of the molecule is CC(C)(C)c1ncc2c(n1)-c1ccccc1OC2. The van der Waals surface area contributed by atoms with Gasteiger partial charge in [-0.05, 0) is 12.1 Å². The highest BCUT2D eigenvalue weighted by Crippen LogP contribution is 2.36. The van der Waals surface area contributed by atoms with Gasteiger partial charge in [-0.1, -0.05) is 32.9 Å². The Morgan fingerprint density at radius 2 is 1.94 bits per heavy atom. The van der Waals surface area contributed by atoms with Gasteiger partial charge in [-0.25, -0.2) is 9.97 Å². The van der Waals surface area contributed by atoms with Crippen LogP contribution < -0.4 is 4.74 Å². The quantitative estimate of drug-likeness (QED) is 0.708. The minimum atomic E-state index is -0.0394. The van der Waals surface area contributed by atoms with Crippen LogP contribution in [-0.4, -0.2) is 9.97 Å². The third kappa shape index (κ3) is 1.76. The molecule has 0 fully saturated rings. The first-order valence-corrected chi connectivity index (χ1v) is 6.14. The first-order chi connectivity index (χ1) is 8.55. The largest absolute Gasteiger partial charge is 0.488 e. The van der Waals surface area contributed by atoms with Crippen molar-refractivity contribution in [3.05, 3.63) is 41.9 Å². The molecule has 2 aromatic rings. The number of hydrogen-bond acceptors (Lipinski definition) is 3. The van der Waals surface area contributed by atoms with Crippen LogP contribution in [0.5, 0.6) is 5.75 Å². The molecule has 2 heterocycles. The maximum absolute atomic E-state index is 5.70. The Kier molecular flexibility index (Phi) is 2.37. The van der Waals surface area contributed by atoms with Crippen LogP contribution in [0.4, 0.5) is 0 Å². The van der Waals surface area contributed by atoms with Gasteiger partial charge in [-0.2, -0.15) is 0 Å². The van der Waals surface area contributed by atoms with Gasteiger partial charge in [0.2, 0.25) is 0 Å². The van der Waals surface area contributed by atoms with Crippen LogP contribution in [0.3, 0.4) is 0 Å². The van der Waals surface area contributed by atoms with E-state index in [4.69, 9.17) is 9.72 Å². The highest BCUT2D eigenvalue weighted by atomic mass is 16.5. The van der Waals surface area contributed by atoms with E-state index in [1.807, 2.05) is 30.5 Å². The molecule has 0 unspecified atom stereocenters. The molecule has 0 saturated carbocycles. The van der Waals surface area contributed by atoms with E-state index in [0.29, 0.717) is 6.61 Å². The normalized spacial score (nSPS) is 13.5. The summed E-state index contributed by atoms with van der Waals surface area (Å²) in [6, 6.07) is 8.02. The van der Waals surface area contributed by atoms with Crippen molar-refractivity contribution in [2.24, 2.45) is 0 Å². The Hall–Kier alpha value is -1.90. The zero-order chi connectivity index (χ0) is 12.8. The van der Waals surface area contributed by atoms with Crippen molar-refractivity contribution in [2.75, 3.05) is 0 Å². The van der Waals surface area contributed by atoms with E-state index in [1.54, 1.807) is 0 Å². The average molecular weight is 240 g/mol. The fraction of sp³-hybridized carbons (Fsp3) is 0.333. The van der Waals surface area contributed by atoms with Crippen LogP contribution in [0.2, 0.25) is 0 Å². The minimum absolute atomic E-state index is 0.0394. The van der Waals surface area contributed by atoms with Crippen LogP contribution >= 0.6 is 0 Å². The van der Waals surface area contributed by atoms with E-state index < -0.39 is 0 Å². The summed E-state index contributed by atoms with van der Waals surface area (Å²) in [6.45, 7) is 6.93. The van der Waals surface area contributed by atoms with Crippen molar-refractivity contribution >= 4 is 0 Å². The lowest BCUT2D eigenvalue weighted by Crippen LogP contribution is -2.18. The molecule has 0 atom stereocenters. The second kappa shape index (κ2) is 3.80. The Labute approximate surface area is 107 Å². The number of para-hydroxylation sites is 1. The molecule has 3 nitrogen and oxygen atoms in total. The van der Waals surface area contributed by atoms with Gasteiger partial charge in [-0.15, -0.1) is 0 Å². The lowest BCUT2D eigenvalue weighted by molar-refractivity contribution is 0.300. The summed E-state index contributed by atoms with van der Waals surface area (Å²) in [5.41, 5.74) is 3.09. The average Bonchev–Trinajstić information content (AvgIpc) is 2.37. The lowest BCUT2D eigenvalue weighted by atomic mass is 9.94. The summed E-state index contributed by atoms with van der Waals surface area (Å²) in [7, 11) is 0. The van der Waals surface area contributed by atoms with Gasteiger partial charge in [0.1, 0.15) is 18.2 Å². The van der Waals surface area contributed by atoms with Gasteiger partial charge in [0.05, 0.1) is 5.69 Å². The van der Waals surface area contributed by atoms with Crippen LogP contribution in [0.15, 0.2) is 30.5 Å². The standard InChI is InChI=1S/C15H16N2O/c1-15(2,3)14-16-8-10-9-18-12-7-5-4-6-11(12)13(10)17-14/h4-8H,9H2,1-3H3. The second-order valence-corrected chi connectivity index (χ2v) is 5.60. The number of nitrogens with zero attached hydrogens (tertiary/aromatic N) is 2. The molecule has 92 valence electrons. The van der Waals surface area contributed by atoms with Gasteiger partial charge in [0.15, 0.2) is 0 Å². The Morgan fingerprint density at radius 1 is 1.17 bits per heavy atom. The summed E-state index contributed by atoms with van der Waals surface area (Å²) in [5.74, 6) is 1.78. The molecule has 18 heavy (non-hydrogen) atoms. The van der Waals surface area contributed by atoms with E-state index in [9.17, 15) is 0 Å². The van der Waals surface area contributed by atoms with Crippen molar-refractivity contribution in [1.82, 2.24) is 9.97 Å². The van der Waals surface area contributed by atoms with Crippen molar-refractivity contribution in [1.29, 1.82) is 0 Å². The fourth-order valence-corrected chi connectivity index (χ4v) is 2.05. The third-order valence-electron chi connectivity index (χ3n) is 3.06. The molecule has 1 aliphatic rings. The maximum atomic E-state index is 5.70. The zero-order valence-corrected chi connectivity index (χ0v) is 10.9.